The van der Waals surface area contributed by atoms with Gasteiger partial charge in [0.05, 0.1) is 0 Å². The van der Waals surface area contributed by atoms with Crippen molar-refractivity contribution in [2.24, 2.45) is 0 Å². The highest BCUT2D eigenvalue weighted by Crippen LogP contribution is 2.30. The third-order valence-electron chi connectivity index (χ3n) is 2.44. The number of hydrogen-bond acceptors (Lipinski definition) is 1. The van der Waals surface area contributed by atoms with Crippen molar-refractivity contribution in [3.05, 3.63) is 47.9 Å². The molecule has 1 aliphatic heterocycles. The van der Waals surface area contributed by atoms with Crippen LogP contribution in [0.15, 0.2) is 42.4 Å². The van der Waals surface area contributed by atoms with Crippen molar-refractivity contribution in [1.29, 1.82) is 0 Å². The third-order valence-corrected chi connectivity index (χ3v) is 5.31. The Morgan fingerprint density at radius 2 is 2.15 bits per heavy atom. The first-order valence-corrected chi connectivity index (χ1v) is 7.58. The van der Waals surface area contributed by atoms with E-state index >= 15 is 0 Å². The van der Waals surface area contributed by atoms with Crippen LogP contribution >= 0.6 is 0 Å². The van der Waals surface area contributed by atoms with Crippen molar-refractivity contribution in [2.45, 2.75) is 13.1 Å². The summed E-state index contributed by atoms with van der Waals surface area (Å²) in [4.78, 5) is 4.15. The van der Waals surface area contributed by atoms with Gasteiger partial charge in [0.15, 0.2) is 0 Å². The van der Waals surface area contributed by atoms with Gasteiger partial charge in [0.2, 0.25) is 0 Å². The average Bonchev–Trinajstić information content (AvgIpc) is 2.47. The van der Waals surface area contributed by atoms with Crippen LogP contribution in [0.1, 0.15) is 5.56 Å². The summed E-state index contributed by atoms with van der Waals surface area (Å²) < 4.78 is 0. The van der Waals surface area contributed by atoms with E-state index in [2.05, 4.69) is 42.0 Å². The van der Waals surface area contributed by atoms with Gasteiger partial charge in [0.25, 0.3) is 0 Å². The van der Waals surface area contributed by atoms with Gasteiger partial charge in [-0.05, 0) is 16.8 Å². The lowest BCUT2D eigenvalue weighted by Crippen LogP contribution is -2.22. The van der Waals surface area contributed by atoms with E-state index in [-0.39, 0.29) is 0 Å². The molecule has 0 fully saturated rings. The Morgan fingerprint density at radius 1 is 1.31 bits per heavy atom. The second-order valence-electron chi connectivity index (χ2n) is 3.90. The van der Waals surface area contributed by atoms with E-state index in [1.54, 1.807) is 0 Å². The van der Waals surface area contributed by atoms with E-state index in [9.17, 15) is 0 Å². The minimum Gasteiger partial charge on any atom is -0.264 e. The van der Waals surface area contributed by atoms with Crippen LogP contribution in [0, 0.1) is 0 Å². The summed E-state index contributed by atoms with van der Waals surface area (Å²) >= 11 is 0. The Labute approximate surface area is 79.8 Å². The molecule has 0 saturated heterocycles. The van der Waals surface area contributed by atoms with Crippen LogP contribution < -0.4 is 0 Å². The van der Waals surface area contributed by atoms with Gasteiger partial charge in [0, 0.05) is 12.4 Å². The molecular formula is C11H13NSi. The highest BCUT2D eigenvalue weighted by atomic mass is 28.3. The molecule has 1 aliphatic rings. The number of rotatable bonds is 1. The smallest absolute Gasteiger partial charge is 0.105 e. The molecule has 0 saturated carbocycles. The Morgan fingerprint density at radius 3 is 2.69 bits per heavy atom. The van der Waals surface area contributed by atoms with Crippen molar-refractivity contribution in [3.8, 4) is 0 Å². The van der Waals surface area contributed by atoms with Crippen LogP contribution in [0.2, 0.25) is 13.1 Å². The second-order valence-corrected chi connectivity index (χ2v) is 8.22. The number of aromatic nitrogens is 1. The number of nitrogens with zero attached hydrogens (tertiary/aromatic N) is 1. The lowest BCUT2D eigenvalue weighted by molar-refractivity contribution is 1.31. The second kappa shape index (κ2) is 2.96. The fourth-order valence-electron chi connectivity index (χ4n) is 1.68. The van der Waals surface area contributed by atoms with Gasteiger partial charge < -0.3 is 0 Å². The van der Waals surface area contributed by atoms with Crippen molar-refractivity contribution >= 4 is 13.3 Å². The quantitative estimate of drug-likeness (QED) is 0.616. The van der Waals surface area contributed by atoms with E-state index in [0.29, 0.717) is 0 Å². The molecule has 1 aromatic heterocycles. The summed E-state index contributed by atoms with van der Waals surface area (Å²) in [6.07, 6.45) is 8.17. The maximum atomic E-state index is 4.15. The number of pyridine rings is 1. The normalized spacial score (nSPS) is 18.8. The van der Waals surface area contributed by atoms with E-state index in [4.69, 9.17) is 0 Å². The Bertz CT molecular complexity index is 363. The summed E-state index contributed by atoms with van der Waals surface area (Å²) in [5.41, 5.74) is 3.64. The predicted octanol–water partition coefficient (Wildman–Crippen LogP) is 2.82. The van der Waals surface area contributed by atoms with Crippen LogP contribution in [0.4, 0.5) is 0 Å². The van der Waals surface area contributed by atoms with Gasteiger partial charge >= 0.3 is 0 Å². The summed E-state index contributed by atoms with van der Waals surface area (Å²) in [6.45, 7) is 4.71. The van der Waals surface area contributed by atoms with Gasteiger partial charge in [0.1, 0.15) is 8.07 Å². The highest BCUT2D eigenvalue weighted by Gasteiger charge is 2.26. The van der Waals surface area contributed by atoms with E-state index in [0.717, 1.165) is 0 Å². The highest BCUT2D eigenvalue weighted by molar-refractivity contribution is 6.99. The lowest BCUT2D eigenvalue weighted by atomic mass is 10.2. The Balaban J connectivity index is 2.40. The van der Waals surface area contributed by atoms with Crippen molar-refractivity contribution < 1.29 is 0 Å². The van der Waals surface area contributed by atoms with Gasteiger partial charge in [-0.15, -0.1) is 0 Å². The molecule has 2 rings (SSSR count). The molecule has 0 amide bonds. The number of allylic oxidation sites excluding steroid dienone is 2. The average molecular weight is 187 g/mol. The zero-order chi connectivity index (χ0) is 9.31. The Kier molecular flexibility index (Phi) is 1.92. The zero-order valence-corrected chi connectivity index (χ0v) is 8.99. The van der Waals surface area contributed by atoms with Gasteiger partial charge in [-0.2, -0.15) is 0 Å². The van der Waals surface area contributed by atoms with E-state index in [1.165, 1.54) is 10.8 Å². The molecule has 0 atom stereocenters. The minimum absolute atomic E-state index is 1.27. The fraction of sp³-hybridized carbons (Fsp3) is 0.182. The largest absolute Gasteiger partial charge is 0.264 e. The van der Waals surface area contributed by atoms with Crippen molar-refractivity contribution in [1.82, 2.24) is 4.98 Å². The molecule has 0 bridgehead atoms. The van der Waals surface area contributed by atoms with Crippen molar-refractivity contribution in [3.63, 3.8) is 0 Å². The SMILES string of the molecule is C[Si]1(C)C=CC=C1c1cccnc1. The first-order valence-electron chi connectivity index (χ1n) is 4.50. The van der Waals surface area contributed by atoms with Crippen LogP contribution in [-0.2, 0) is 0 Å². The van der Waals surface area contributed by atoms with Crippen LogP contribution in [0.25, 0.3) is 5.20 Å². The molecular weight excluding hydrogens is 174 g/mol. The number of hydrogen-bond donors (Lipinski definition) is 0. The molecule has 2 heterocycles. The van der Waals surface area contributed by atoms with E-state index < -0.39 is 8.07 Å². The lowest BCUT2D eigenvalue weighted by Gasteiger charge is -2.18. The van der Waals surface area contributed by atoms with E-state index in [1.807, 2.05) is 18.5 Å². The minimum atomic E-state index is -1.27. The monoisotopic (exact) mass is 187 g/mol. The maximum absolute atomic E-state index is 4.15. The van der Waals surface area contributed by atoms with Crippen LogP contribution in [-0.4, -0.2) is 13.1 Å². The predicted molar refractivity (Wildman–Crippen MR) is 58.8 cm³/mol. The molecule has 13 heavy (non-hydrogen) atoms. The van der Waals surface area contributed by atoms with Crippen molar-refractivity contribution in [2.75, 3.05) is 0 Å². The molecule has 0 aliphatic carbocycles. The molecule has 0 unspecified atom stereocenters. The summed E-state index contributed by atoms with van der Waals surface area (Å²) in [7, 11) is -1.27. The maximum Gasteiger partial charge on any atom is 0.105 e. The summed E-state index contributed by atoms with van der Waals surface area (Å²) in [6, 6.07) is 4.14. The molecule has 1 nitrogen and oxygen atoms in total. The zero-order valence-electron chi connectivity index (χ0n) is 7.99. The van der Waals surface area contributed by atoms with Crippen LogP contribution in [0.5, 0.6) is 0 Å². The molecule has 0 radical (unpaired) electrons. The fourth-order valence-corrected chi connectivity index (χ4v) is 3.85. The first-order chi connectivity index (χ1) is 6.20. The molecule has 2 heteroatoms. The standard InChI is InChI=1S/C11H13NSi/c1-13(2)8-4-6-11(13)10-5-3-7-12-9-10/h3-9H,1-2H3. The molecule has 0 N–H and O–H groups in total. The summed E-state index contributed by atoms with van der Waals surface area (Å²) in [5.74, 6) is 0. The Hall–Kier alpha value is -1.15. The third kappa shape index (κ3) is 1.49. The van der Waals surface area contributed by atoms with Gasteiger partial charge in [-0.25, -0.2) is 0 Å². The topological polar surface area (TPSA) is 12.9 Å². The van der Waals surface area contributed by atoms with Gasteiger partial charge in [-0.1, -0.05) is 37.0 Å². The molecule has 66 valence electrons. The summed E-state index contributed by atoms with van der Waals surface area (Å²) in [5, 5.41) is 1.49. The van der Waals surface area contributed by atoms with Gasteiger partial charge in [-0.3, -0.25) is 4.98 Å². The molecule has 0 spiro atoms. The molecule has 0 aromatic carbocycles. The first kappa shape index (κ1) is 8.45. The molecule has 1 aromatic rings. The van der Waals surface area contributed by atoms with Crippen LogP contribution in [0.3, 0.4) is 0 Å².